The number of hydrogen-bond acceptors (Lipinski definition) is 7. The topological polar surface area (TPSA) is 90.3 Å². The molecular formula is C23H25N9O. The van der Waals surface area contributed by atoms with Crippen LogP contribution in [0.1, 0.15) is 6.92 Å². The monoisotopic (exact) mass is 443 g/mol. The van der Waals surface area contributed by atoms with Crippen molar-refractivity contribution < 1.29 is 4.74 Å². The number of ether oxygens (including phenoxy) is 1. The molecule has 5 heterocycles. The minimum absolute atomic E-state index is 0.198. The first-order valence-electron chi connectivity index (χ1n) is 11.0. The van der Waals surface area contributed by atoms with Crippen molar-refractivity contribution in [2.24, 2.45) is 7.05 Å². The maximum Gasteiger partial charge on any atom is 0.257 e. The fourth-order valence-corrected chi connectivity index (χ4v) is 4.53. The lowest BCUT2D eigenvalue weighted by atomic mass is 10.2. The summed E-state index contributed by atoms with van der Waals surface area (Å²) in [6, 6.07) is 14.4. The zero-order chi connectivity index (χ0) is 22.5. The summed E-state index contributed by atoms with van der Waals surface area (Å²) in [7, 11) is 3.79. The summed E-state index contributed by atoms with van der Waals surface area (Å²) >= 11 is 0. The maximum absolute atomic E-state index is 5.69. The van der Waals surface area contributed by atoms with Crippen LogP contribution in [-0.4, -0.2) is 66.8 Å². The summed E-state index contributed by atoms with van der Waals surface area (Å²) in [5.74, 6) is 2.11. The van der Waals surface area contributed by atoms with E-state index >= 15 is 0 Å². The Morgan fingerprint density at radius 2 is 1.91 bits per heavy atom. The van der Waals surface area contributed by atoms with Crippen LogP contribution < -0.4 is 10.2 Å². The lowest BCUT2D eigenvalue weighted by Gasteiger charge is -2.34. The van der Waals surface area contributed by atoms with Gasteiger partial charge in [-0.25, -0.2) is 14.1 Å². The van der Waals surface area contributed by atoms with Crippen LogP contribution in [0.5, 0.6) is 0 Å². The summed E-state index contributed by atoms with van der Waals surface area (Å²) in [4.78, 5) is 12.1. The van der Waals surface area contributed by atoms with E-state index in [1.165, 1.54) is 0 Å². The van der Waals surface area contributed by atoms with Crippen LogP contribution in [0.15, 0.2) is 48.7 Å². The molecule has 0 saturated carbocycles. The molecule has 0 spiro atoms. The number of nitrogens with zero attached hydrogens (tertiary/aromatic N) is 8. The van der Waals surface area contributed by atoms with Crippen LogP contribution >= 0.6 is 0 Å². The van der Waals surface area contributed by atoms with E-state index in [1.54, 1.807) is 6.20 Å². The number of aromatic nitrogens is 7. The number of para-hydroxylation sites is 2. The number of benzene rings is 1. The SMILES string of the molecule is CNc1nc2ccccc2n1-c1nc(N2CCOC[C@H]2C)c2ccc(-c3ccnn3C)n2n1. The molecule has 1 aliphatic rings. The summed E-state index contributed by atoms with van der Waals surface area (Å²) in [5.41, 5.74) is 4.69. The van der Waals surface area contributed by atoms with Crippen LogP contribution in [0, 0.1) is 0 Å². The minimum Gasteiger partial charge on any atom is -0.377 e. The van der Waals surface area contributed by atoms with E-state index in [0.29, 0.717) is 25.1 Å². The molecule has 1 saturated heterocycles. The minimum atomic E-state index is 0.198. The number of anilines is 2. The Kier molecular flexibility index (Phi) is 4.54. The Bertz CT molecular complexity index is 1460. The molecule has 10 nitrogen and oxygen atoms in total. The number of fused-ring (bicyclic) bond motifs is 2. The molecule has 1 N–H and O–H groups in total. The second-order valence-corrected chi connectivity index (χ2v) is 8.22. The van der Waals surface area contributed by atoms with Gasteiger partial charge >= 0.3 is 0 Å². The second-order valence-electron chi connectivity index (χ2n) is 8.22. The van der Waals surface area contributed by atoms with Crippen molar-refractivity contribution in [1.29, 1.82) is 0 Å². The van der Waals surface area contributed by atoms with Gasteiger partial charge in [0, 0.05) is 26.8 Å². The summed E-state index contributed by atoms with van der Waals surface area (Å²) < 4.78 is 11.5. The second kappa shape index (κ2) is 7.59. The molecule has 6 rings (SSSR count). The van der Waals surface area contributed by atoms with E-state index in [1.807, 2.05) is 58.2 Å². The molecular weight excluding hydrogens is 418 g/mol. The van der Waals surface area contributed by atoms with Gasteiger partial charge in [-0.1, -0.05) is 12.1 Å². The average molecular weight is 444 g/mol. The third-order valence-electron chi connectivity index (χ3n) is 6.19. The van der Waals surface area contributed by atoms with Gasteiger partial charge in [-0.05, 0) is 37.3 Å². The standard InChI is InChI=1S/C23H25N9O/c1-15-14-33-13-12-30(15)21-20-9-8-19(18-10-11-25-29(18)3)32(20)28-23(27-21)31-17-7-5-4-6-16(17)26-22(31)24-2/h4-11,15H,12-14H2,1-3H3,(H,24,26)/t15-/m1/s1. The van der Waals surface area contributed by atoms with Gasteiger partial charge < -0.3 is 15.0 Å². The fraction of sp³-hybridized carbons (Fsp3) is 0.304. The van der Waals surface area contributed by atoms with E-state index in [4.69, 9.17) is 19.8 Å². The molecule has 33 heavy (non-hydrogen) atoms. The highest BCUT2D eigenvalue weighted by Crippen LogP contribution is 2.31. The molecule has 4 aromatic heterocycles. The van der Waals surface area contributed by atoms with E-state index in [-0.39, 0.29) is 6.04 Å². The van der Waals surface area contributed by atoms with Gasteiger partial charge in [-0.15, -0.1) is 5.10 Å². The largest absolute Gasteiger partial charge is 0.377 e. The zero-order valence-corrected chi connectivity index (χ0v) is 18.8. The fourth-order valence-electron chi connectivity index (χ4n) is 4.53. The Balaban J connectivity index is 1.66. The van der Waals surface area contributed by atoms with E-state index in [2.05, 4.69) is 34.4 Å². The van der Waals surface area contributed by atoms with E-state index < -0.39 is 0 Å². The number of nitrogens with one attached hydrogen (secondary N) is 1. The van der Waals surface area contributed by atoms with Crippen molar-refractivity contribution in [1.82, 2.24) is 33.9 Å². The van der Waals surface area contributed by atoms with Gasteiger partial charge in [0.15, 0.2) is 5.82 Å². The first-order chi connectivity index (χ1) is 16.2. The van der Waals surface area contributed by atoms with Gasteiger partial charge in [-0.2, -0.15) is 10.1 Å². The van der Waals surface area contributed by atoms with E-state index in [9.17, 15) is 0 Å². The lowest BCUT2D eigenvalue weighted by molar-refractivity contribution is 0.0986. The molecule has 0 aliphatic carbocycles. The quantitative estimate of drug-likeness (QED) is 0.457. The number of aryl methyl sites for hydroxylation is 1. The van der Waals surface area contributed by atoms with Gasteiger partial charge in [0.25, 0.3) is 5.95 Å². The Morgan fingerprint density at radius 1 is 1.03 bits per heavy atom. The Hall–Kier alpha value is -3.92. The van der Waals surface area contributed by atoms with Crippen LogP contribution in [0.2, 0.25) is 0 Å². The van der Waals surface area contributed by atoms with E-state index in [0.717, 1.165) is 40.3 Å². The Morgan fingerprint density at radius 3 is 2.70 bits per heavy atom. The average Bonchev–Trinajstić information content (AvgIpc) is 3.54. The van der Waals surface area contributed by atoms with Crippen molar-refractivity contribution in [3.8, 4) is 17.3 Å². The van der Waals surface area contributed by atoms with Crippen molar-refractivity contribution in [2.45, 2.75) is 13.0 Å². The molecule has 168 valence electrons. The van der Waals surface area contributed by atoms with Gasteiger partial charge in [-0.3, -0.25) is 4.68 Å². The zero-order valence-electron chi connectivity index (χ0n) is 18.8. The highest BCUT2D eigenvalue weighted by atomic mass is 16.5. The number of hydrogen-bond donors (Lipinski definition) is 1. The molecule has 1 atom stereocenters. The van der Waals surface area contributed by atoms with Crippen molar-refractivity contribution >= 4 is 28.3 Å². The number of morpholine rings is 1. The maximum atomic E-state index is 5.69. The number of imidazole rings is 1. The van der Waals surface area contributed by atoms with Crippen LogP contribution in [0.25, 0.3) is 33.9 Å². The summed E-state index contributed by atoms with van der Waals surface area (Å²) in [6.45, 7) is 4.26. The molecule has 5 aromatic rings. The number of rotatable bonds is 4. The van der Waals surface area contributed by atoms with Crippen LogP contribution in [0.3, 0.4) is 0 Å². The summed E-state index contributed by atoms with van der Waals surface area (Å²) in [6.07, 6.45) is 1.80. The van der Waals surface area contributed by atoms with Gasteiger partial charge in [0.05, 0.1) is 41.7 Å². The third kappa shape index (κ3) is 3.05. The molecule has 1 aliphatic heterocycles. The predicted octanol–water partition coefficient (Wildman–Crippen LogP) is 2.74. The van der Waals surface area contributed by atoms with Gasteiger partial charge in [0.1, 0.15) is 5.52 Å². The van der Waals surface area contributed by atoms with Crippen LogP contribution in [0.4, 0.5) is 11.8 Å². The molecule has 0 amide bonds. The molecule has 1 aromatic carbocycles. The smallest absolute Gasteiger partial charge is 0.257 e. The van der Waals surface area contributed by atoms with Crippen molar-refractivity contribution in [3.63, 3.8) is 0 Å². The van der Waals surface area contributed by atoms with Crippen molar-refractivity contribution in [3.05, 3.63) is 48.7 Å². The summed E-state index contributed by atoms with van der Waals surface area (Å²) in [5, 5.41) is 12.6. The normalized spacial score (nSPS) is 16.7. The highest BCUT2D eigenvalue weighted by Gasteiger charge is 2.26. The molecule has 10 heteroatoms. The molecule has 0 unspecified atom stereocenters. The third-order valence-corrected chi connectivity index (χ3v) is 6.19. The first-order valence-corrected chi connectivity index (χ1v) is 11.0. The van der Waals surface area contributed by atoms with Gasteiger partial charge in [0.2, 0.25) is 5.95 Å². The van der Waals surface area contributed by atoms with Crippen molar-refractivity contribution in [2.75, 3.05) is 37.0 Å². The lowest BCUT2D eigenvalue weighted by Crippen LogP contribution is -2.44. The molecule has 1 fully saturated rings. The Labute approximate surface area is 190 Å². The molecule has 0 bridgehead atoms. The van der Waals surface area contributed by atoms with Crippen LogP contribution in [-0.2, 0) is 11.8 Å². The highest BCUT2D eigenvalue weighted by molar-refractivity contribution is 5.81. The predicted molar refractivity (Wildman–Crippen MR) is 127 cm³/mol. The first kappa shape index (κ1) is 19.7. The molecule has 0 radical (unpaired) electrons.